The third-order valence-electron chi connectivity index (χ3n) is 3.84. The molecule has 0 spiro atoms. The maximum Gasteiger partial charge on any atom is 0.328 e. The van der Waals surface area contributed by atoms with Gasteiger partial charge in [0.25, 0.3) is 0 Å². The van der Waals surface area contributed by atoms with Gasteiger partial charge in [0.15, 0.2) is 9.84 Å². The van der Waals surface area contributed by atoms with E-state index in [2.05, 4.69) is 5.32 Å². The van der Waals surface area contributed by atoms with E-state index in [4.69, 9.17) is 15.4 Å². The van der Waals surface area contributed by atoms with Crippen LogP contribution in [0.3, 0.4) is 0 Å². The van der Waals surface area contributed by atoms with Crippen molar-refractivity contribution in [3.05, 3.63) is 60.2 Å². The summed E-state index contributed by atoms with van der Waals surface area (Å²) in [5.74, 6) is -2.59. The van der Waals surface area contributed by atoms with E-state index in [9.17, 15) is 26.4 Å². The van der Waals surface area contributed by atoms with Gasteiger partial charge in [-0.25, -0.2) is 31.6 Å². The van der Waals surface area contributed by atoms with Crippen molar-refractivity contribution in [3.8, 4) is 0 Å². The second-order valence-corrected chi connectivity index (χ2v) is 11.5. The Bertz CT molecular complexity index is 1120. The number of benzene rings is 1. The zero-order valence-corrected chi connectivity index (χ0v) is 19.5. The predicted molar refractivity (Wildman–Crippen MR) is 120 cm³/mol. The molecule has 2 rings (SSSR count). The summed E-state index contributed by atoms with van der Waals surface area (Å²) in [6.45, 7) is 2.68. The van der Waals surface area contributed by atoms with Gasteiger partial charge in [0.05, 0.1) is 5.75 Å². The monoisotopic (exact) mass is 504 g/mol. The number of primary sulfonamides is 1. The van der Waals surface area contributed by atoms with Crippen LogP contribution in [0, 0.1) is 0 Å². The molecule has 176 valence electrons. The number of hydrogen-bond donors (Lipinski definition) is 4. The summed E-state index contributed by atoms with van der Waals surface area (Å²) in [5.41, 5.74) is 1.02. The van der Waals surface area contributed by atoms with Gasteiger partial charge in [-0.15, -0.1) is 11.3 Å². The SMILES string of the molecule is CCNC(CCS(=O)(=O)c1ccc(S(N)(=O)=O)s1)c1ccccc1.O=C(O)C=CC(=O)O. The number of carboxylic acids is 2. The number of sulfone groups is 1. The molecule has 0 saturated heterocycles. The van der Waals surface area contributed by atoms with E-state index in [1.54, 1.807) is 0 Å². The number of sulfonamides is 1. The summed E-state index contributed by atoms with van der Waals surface area (Å²) in [6.07, 6.45) is 1.51. The van der Waals surface area contributed by atoms with Crippen LogP contribution in [0.2, 0.25) is 0 Å². The van der Waals surface area contributed by atoms with E-state index < -0.39 is 31.8 Å². The van der Waals surface area contributed by atoms with Crippen LogP contribution in [-0.2, 0) is 29.4 Å². The molecule has 5 N–H and O–H groups in total. The van der Waals surface area contributed by atoms with E-state index in [1.807, 2.05) is 37.3 Å². The van der Waals surface area contributed by atoms with Gasteiger partial charge in [-0.05, 0) is 30.7 Å². The zero-order chi connectivity index (χ0) is 24.4. The van der Waals surface area contributed by atoms with Gasteiger partial charge in [0.2, 0.25) is 10.0 Å². The van der Waals surface area contributed by atoms with Gasteiger partial charge in [-0.2, -0.15) is 0 Å². The molecular weight excluding hydrogens is 480 g/mol. The van der Waals surface area contributed by atoms with Gasteiger partial charge in [0, 0.05) is 18.2 Å². The highest BCUT2D eigenvalue weighted by Gasteiger charge is 2.22. The Morgan fingerprint density at radius 1 is 1.00 bits per heavy atom. The molecule has 0 saturated carbocycles. The Morgan fingerprint density at radius 3 is 1.97 bits per heavy atom. The van der Waals surface area contributed by atoms with E-state index in [0.717, 1.165) is 5.56 Å². The average molecular weight is 505 g/mol. The molecule has 1 unspecified atom stereocenters. The van der Waals surface area contributed by atoms with Crippen molar-refractivity contribution >= 4 is 43.1 Å². The molecule has 1 heterocycles. The van der Waals surface area contributed by atoms with Gasteiger partial charge < -0.3 is 15.5 Å². The third kappa shape index (κ3) is 9.70. The van der Waals surface area contributed by atoms with Crippen molar-refractivity contribution < 1.29 is 36.6 Å². The number of aliphatic carboxylic acids is 2. The Morgan fingerprint density at radius 2 is 1.53 bits per heavy atom. The fourth-order valence-corrected chi connectivity index (χ4v) is 6.13. The molecular formula is C19H24N2O8S3. The maximum atomic E-state index is 12.5. The van der Waals surface area contributed by atoms with Crippen molar-refractivity contribution in [3.63, 3.8) is 0 Å². The summed E-state index contributed by atoms with van der Waals surface area (Å²) in [4.78, 5) is 19.1. The zero-order valence-electron chi connectivity index (χ0n) is 17.0. The van der Waals surface area contributed by atoms with E-state index >= 15 is 0 Å². The highest BCUT2D eigenvalue weighted by Crippen LogP contribution is 2.27. The summed E-state index contributed by atoms with van der Waals surface area (Å²) in [7, 11) is -7.45. The molecule has 1 aromatic carbocycles. The normalized spacial score (nSPS) is 12.7. The quantitative estimate of drug-likeness (QED) is 0.349. The number of nitrogens with one attached hydrogen (secondary N) is 1. The standard InChI is InChI=1S/C15H20N2O4S3.C4H4O4/c1-2-17-13(12-6-4-3-5-7-12)10-11-23(18,19)14-8-9-15(22-14)24(16,20)21;5-3(6)1-2-4(7)8/h3-9,13,17H,2,10-11H2,1H3,(H2,16,20,21);1-2H,(H,5,6)(H,7,8). The fraction of sp³-hybridized carbons (Fsp3) is 0.263. The van der Waals surface area contributed by atoms with Crippen molar-refractivity contribution in [1.29, 1.82) is 0 Å². The van der Waals surface area contributed by atoms with Crippen molar-refractivity contribution in [1.82, 2.24) is 5.32 Å². The van der Waals surface area contributed by atoms with Gasteiger partial charge in [0.1, 0.15) is 8.42 Å². The molecule has 0 aliphatic heterocycles. The van der Waals surface area contributed by atoms with Crippen molar-refractivity contribution in [2.45, 2.75) is 27.8 Å². The number of carbonyl (C=O) groups is 2. The van der Waals surface area contributed by atoms with Crippen LogP contribution in [0.15, 0.2) is 63.0 Å². The lowest BCUT2D eigenvalue weighted by atomic mass is 10.0. The number of hydrogen-bond acceptors (Lipinski definition) is 8. The molecule has 1 aromatic heterocycles. The van der Waals surface area contributed by atoms with Crippen LogP contribution in [0.5, 0.6) is 0 Å². The topological polar surface area (TPSA) is 181 Å². The van der Waals surface area contributed by atoms with E-state index in [0.29, 0.717) is 36.5 Å². The van der Waals surface area contributed by atoms with Gasteiger partial charge in [-0.3, -0.25) is 0 Å². The molecule has 0 amide bonds. The lowest BCUT2D eigenvalue weighted by Crippen LogP contribution is -2.23. The van der Waals surface area contributed by atoms with E-state index in [-0.39, 0.29) is 20.2 Å². The Kier molecular flexibility index (Phi) is 10.7. The lowest BCUT2D eigenvalue weighted by Gasteiger charge is -2.18. The van der Waals surface area contributed by atoms with Crippen LogP contribution in [0.1, 0.15) is 24.9 Å². The highest BCUT2D eigenvalue weighted by atomic mass is 32.3. The number of rotatable bonds is 10. The second kappa shape index (κ2) is 12.5. The Balaban J connectivity index is 0.000000547. The van der Waals surface area contributed by atoms with Gasteiger partial charge in [-0.1, -0.05) is 37.3 Å². The molecule has 10 nitrogen and oxygen atoms in total. The van der Waals surface area contributed by atoms with Crippen LogP contribution in [0.25, 0.3) is 0 Å². The first-order valence-electron chi connectivity index (χ1n) is 9.14. The molecule has 13 heteroatoms. The largest absolute Gasteiger partial charge is 0.478 e. The Labute approximate surface area is 190 Å². The molecule has 32 heavy (non-hydrogen) atoms. The van der Waals surface area contributed by atoms with Crippen molar-refractivity contribution in [2.75, 3.05) is 12.3 Å². The van der Waals surface area contributed by atoms with Crippen LogP contribution in [-0.4, -0.2) is 51.3 Å². The average Bonchev–Trinajstić information content (AvgIpc) is 3.23. The minimum absolute atomic E-state index is 0.0230. The molecule has 0 bridgehead atoms. The number of carboxylic acid groups (broad SMARTS) is 2. The minimum Gasteiger partial charge on any atom is -0.478 e. The molecule has 0 radical (unpaired) electrons. The fourth-order valence-electron chi connectivity index (χ4n) is 2.46. The van der Waals surface area contributed by atoms with Crippen LogP contribution in [0.4, 0.5) is 0 Å². The van der Waals surface area contributed by atoms with E-state index in [1.165, 1.54) is 12.1 Å². The third-order valence-corrected chi connectivity index (χ3v) is 8.69. The first-order valence-corrected chi connectivity index (χ1v) is 13.2. The first kappa shape index (κ1) is 27.5. The van der Waals surface area contributed by atoms with Crippen LogP contribution < -0.4 is 10.5 Å². The van der Waals surface area contributed by atoms with Crippen molar-refractivity contribution in [2.24, 2.45) is 5.14 Å². The molecule has 0 fully saturated rings. The minimum atomic E-state index is -3.88. The predicted octanol–water partition coefficient (Wildman–Crippen LogP) is 1.62. The molecule has 0 aliphatic rings. The first-order chi connectivity index (χ1) is 14.9. The van der Waals surface area contributed by atoms with Gasteiger partial charge >= 0.3 is 11.9 Å². The highest BCUT2D eigenvalue weighted by molar-refractivity contribution is 7.95. The second-order valence-electron chi connectivity index (χ2n) is 6.26. The molecule has 2 aromatic rings. The molecule has 1 atom stereocenters. The summed E-state index contributed by atoms with van der Waals surface area (Å²) in [5, 5.41) is 23.9. The maximum absolute atomic E-state index is 12.5. The number of nitrogens with two attached hydrogens (primary N) is 1. The summed E-state index contributed by atoms with van der Waals surface area (Å²) >= 11 is 0.686. The molecule has 0 aliphatic carbocycles. The summed E-state index contributed by atoms with van der Waals surface area (Å²) < 4.78 is 47.4. The van der Waals surface area contributed by atoms with Crippen LogP contribution >= 0.6 is 11.3 Å². The number of thiophene rings is 1. The summed E-state index contributed by atoms with van der Waals surface area (Å²) in [6, 6.07) is 12.1. The Hall–Kier alpha value is -2.58. The lowest BCUT2D eigenvalue weighted by molar-refractivity contribution is -0.134. The smallest absolute Gasteiger partial charge is 0.328 e.